The van der Waals surface area contributed by atoms with Crippen LogP contribution in [0.25, 0.3) is 70.7 Å². The molecule has 15 rings (SSSR count). The number of azo groups is 1. The number of carbonyl (C=O) groups excluding carboxylic acids is 1. The quantitative estimate of drug-likeness (QED) is 0.00429. The molecular formula is C89H77BrCl6N5O20S6+. The highest BCUT2D eigenvalue weighted by Gasteiger charge is 2.44. The van der Waals surface area contributed by atoms with Gasteiger partial charge in [0, 0.05) is 137 Å². The van der Waals surface area contributed by atoms with Crippen molar-refractivity contribution < 1.29 is 100 Å². The Bertz CT molecular complexity index is 7380. The number of carbonyl (C=O) groups is 1. The molecule has 127 heavy (non-hydrogen) atoms. The molecule has 0 saturated carbocycles. The molecule has 10 N–H and O–H groups in total. The third-order valence-electron chi connectivity index (χ3n) is 19.5. The Morgan fingerprint density at radius 3 is 1.54 bits per heavy atom. The van der Waals surface area contributed by atoms with Crippen LogP contribution >= 0.6 is 82.8 Å². The number of para-hydroxylation sites is 1. The van der Waals surface area contributed by atoms with E-state index in [0.29, 0.717) is 48.0 Å². The fraction of sp³-hybridized carbons (Fsp3) is 0.146. The maximum absolute atomic E-state index is 12.3. The zero-order valence-electron chi connectivity index (χ0n) is 67.0. The Labute approximate surface area is 769 Å². The number of hydrogen-bond acceptors (Lipinski definition) is 23. The third-order valence-corrected chi connectivity index (χ3v) is 29.5. The number of benzene rings is 14. The maximum Gasteiger partial charge on any atom is 0.308 e. The van der Waals surface area contributed by atoms with E-state index in [2.05, 4.69) is 62.3 Å². The van der Waals surface area contributed by atoms with Crippen LogP contribution in [0.2, 0.25) is 15.1 Å². The maximum atomic E-state index is 12.3. The number of quaternary nitrogens is 1. The highest BCUT2D eigenvalue weighted by molar-refractivity contribution is 9.10. The average molecular weight is 2020 g/mol. The van der Waals surface area contributed by atoms with Gasteiger partial charge < -0.3 is 46.3 Å². The SMILES string of the molecule is C#CCCS(=O)(=O)c1ccc2cc(O)ccc2c1.CC(=O)Oc1cc(S(=O)(=O)Cl)c2ccc3c(S(=O)(=O)Cl)cc(S(=O)(=O)Cl)c4ccc1c2c43.CC1(C)C(/C=C/c2ccccc2O)=[N+](CCCS(=O)(=O)[O-])c2ccc(CN)cc21.Oc1c(Cl)cc(Cl)c(Cl)c1N=Nc1ccccc1.Oc1ccc2cc(Br)ccc2c1.[NH3+]CCCS(=O)(=O)c1ccc2cc(O)ccc2c1. The number of phenolic OH excluding ortho intramolecular Hbond substituents is 5. The van der Waals surface area contributed by atoms with Gasteiger partial charge in [0.15, 0.2) is 31.1 Å². The summed E-state index contributed by atoms with van der Waals surface area (Å²) < 4.78 is 163. The first kappa shape index (κ1) is 98.9. The summed E-state index contributed by atoms with van der Waals surface area (Å²) in [5, 5.41) is 61.7. The summed E-state index contributed by atoms with van der Waals surface area (Å²) in [6.45, 7) is 6.74. The largest absolute Gasteiger partial charge is 0.748 e. The fourth-order valence-corrected chi connectivity index (χ4v) is 20.9. The van der Waals surface area contributed by atoms with Crippen molar-refractivity contribution >= 4 is 239 Å². The van der Waals surface area contributed by atoms with E-state index in [9.17, 15) is 85.4 Å². The van der Waals surface area contributed by atoms with Crippen molar-refractivity contribution in [2.75, 3.05) is 30.3 Å². The predicted octanol–water partition coefficient (Wildman–Crippen LogP) is 19.5. The second kappa shape index (κ2) is 41.4. The van der Waals surface area contributed by atoms with Gasteiger partial charge in [-0.25, -0.2) is 50.5 Å². The van der Waals surface area contributed by atoms with Crippen LogP contribution in [-0.2, 0) is 73.7 Å². The molecule has 14 aromatic rings. The lowest BCUT2D eigenvalue weighted by molar-refractivity contribution is -0.437. The summed E-state index contributed by atoms with van der Waals surface area (Å²) in [6, 6.07) is 61.4. The second-order valence-corrected chi connectivity index (χ2v) is 44.2. The van der Waals surface area contributed by atoms with E-state index in [0.717, 1.165) is 78.4 Å². The van der Waals surface area contributed by atoms with E-state index < -0.39 is 83.4 Å². The minimum atomic E-state index is -4.46. The van der Waals surface area contributed by atoms with E-state index in [-0.39, 0.29) is 116 Å². The molecule has 14 aromatic carbocycles. The fourth-order valence-electron chi connectivity index (χ4n) is 13.5. The molecule has 0 radical (unpaired) electrons. The summed E-state index contributed by atoms with van der Waals surface area (Å²) in [7, 11) is -7.40. The van der Waals surface area contributed by atoms with Crippen LogP contribution in [0.15, 0.2) is 270 Å². The summed E-state index contributed by atoms with van der Waals surface area (Å²) >= 11 is 20.9. The molecule has 0 aliphatic carbocycles. The molecular weight excluding hydrogens is 1940 g/mol. The van der Waals surface area contributed by atoms with Gasteiger partial charge in [-0.2, -0.15) is 9.69 Å². The molecule has 0 amide bonds. The van der Waals surface area contributed by atoms with Gasteiger partial charge in [-0.3, -0.25) is 4.79 Å². The van der Waals surface area contributed by atoms with Crippen LogP contribution in [0.5, 0.6) is 34.5 Å². The first-order valence-electron chi connectivity index (χ1n) is 37.7. The molecule has 25 nitrogen and oxygen atoms in total. The predicted molar refractivity (Wildman–Crippen MR) is 502 cm³/mol. The van der Waals surface area contributed by atoms with Gasteiger partial charge in [-0.1, -0.05) is 148 Å². The Kier molecular flexibility index (Phi) is 32.3. The Morgan fingerprint density at radius 2 is 1.03 bits per heavy atom. The number of fused-ring (bicyclic) bond motifs is 4. The van der Waals surface area contributed by atoms with E-state index in [1.165, 1.54) is 42.5 Å². The Hall–Kier alpha value is -10.3. The van der Waals surface area contributed by atoms with Gasteiger partial charge in [0.25, 0.3) is 27.2 Å². The number of terminal acetylenes is 1. The molecule has 38 heteroatoms. The standard InChI is InChI=1S/C22H26N2O4S.C18H9Cl3O8S3.C14H12O3S.C13H15NO3S.C12H7Cl3N2O.C10H7BrO/c1-22(2)18-14-16(15-23)8-10-19(18)24(12-5-13-29(26,27)28)21(22)11-9-17-6-3-4-7-20(17)25;1-8(22)29-13-6-14(30(19,23)24)10-4-5-12-16(32(21,27)28)7-15(31(20,25)26)11-3-2-9(13)17(10)18(11)12;1-2-3-8-18(16,17)14-7-5-11-9-13(15)6-4-12(11)10-14;14-6-1-7-18(16,17)13-5-3-10-8-12(15)4-2-11(10)9-13;13-8-6-9(14)12(18)11(10(8)15)17-16-7-4-2-1-3-5-7;11-9-3-1-8-6-10(12)4-2-7(8)5-9/h3-4,6-11,14H,5,12-13,15,23H2,1-2H3,(H,26,27,28);2-7H,1H3;1,4-7,9-10,15H,3,8H2;2-5,8-9,15H,1,6-7,14H2;1-6,18H;1-6,12H/p+1. The molecule has 1 aliphatic heterocycles. The zero-order chi connectivity index (χ0) is 93.1. The number of nitrogens with two attached hydrogens (primary N) is 1. The average Bonchev–Trinajstić information content (AvgIpc) is 1.41. The number of allylic oxidation sites excluding steroid dienone is 1. The number of sulfone groups is 2. The van der Waals surface area contributed by atoms with Gasteiger partial charge >= 0.3 is 5.97 Å². The number of ether oxygens (including phenoxy) is 1. The number of phenols is 5. The molecule has 0 saturated heterocycles. The molecule has 1 heterocycles. The Balaban J connectivity index is 0.000000163. The number of nitrogens with zero attached hydrogens (tertiary/aromatic N) is 3. The van der Waals surface area contributed by atoms with E-state index >= 15 is 0 Å². The van der Waals surface area contributed by atoms with Gasteiger partial charge in [0.2, 0.25) is 5.69 Å². The molecule has 0 atom stereocenters. The highest BCUT2D eigenvalue weighted by Crippen LogP contribution is 2.49. The van der Waals surface area contributed by atoms with Crippen molar-refractivity contribution in [3.05, 3.63) is 267 Å². The summed E-state index contributed by atoms with van der Waals surface area (Å²) in [4.78, 5) is 10.7. The summed E-state index contributed by atoms with van der Waals surface area (Å²) in [6.07, 6.45) is 9.87. The second-order valence-electron chi connectivity index (χ2n) is 28.7. The third kappa shape index (κ3) is 25.0. The molecule has 0 unspecified atom stereocenters. The van der Waals surface area contributed by atoms with Crippen LogP contribution in [0.4, 0.5) is 17.1 Å². The lowest BCUT2D eigenvalue weighted by atomic mass is 9.80. The van der Waals surface area contributed by atoms with Gasteiger partial charge in [0.05, 0.1) is 78.8 Å². The van der Waals surface area contributed by atoms with E-state index in [1.54, 1.807) is 97.1 Å². The van der Waals surface area contributed by atoms with Gasteiger partial charge in [-0.05, 0) is 173 Å². The van der Waals surface area contributed by atoms with Crippen LogP contribution in [0.1, 0.15) is 56.7 Å². The monoisotopic (exact) mass is 2020 g/mol. The minimum absolute atomic E-state index is 0.00932. The lowest BCUT2D eigenvalue weighted by Crippen LogP contribution is -2.50. The topological polar surface area (TPSA) is 437 Å². The van der Waals surface area contributed by atoms with E-state index in [1.807, 2.05) is 78.9 Å². The molecule has 0 bridgehead atoms. The van der Waals surface area contributed by atoms with Crippen molar-refractivity contribution in [1.29, 1.82) is 0 Å². The molecule has 662 valence electrons. The van der Waals surface area contributed by atoms with Crippen molar-refractivity contribution in [1.82, 2.24) is 0 Å². The van der Waals surface area contributed by atoms with Crippen LogP contribution in [0.3, 0.4) is 0 Å². The van der Waals surface area contributed by atoms with Crippen LogP contribution in [-0.4, -0.2) is 127 Å². The van der Waals surface area contributed by atoms with Crippen molar-refractivity contribution in [2.45, 2.75) is 76.5 Å². The van der Waals surface area contributed by atoms with E-state index in [4.69, 9.17) is 83.7 Å². The lowest BCUT2D eigenvalue weighted by Gasteiger charge is -2.18. The highest BCUT2D eigenvalue weighted by atomic mass is 79.9. The van der Waals surface area contributed by atoms with Crippen molar-refractivity contribution in [2.24, 2.45) is 16.0 Å². The summed E-state index contributed by atoms with van der Waals surface area (Å²) in [5.74, 6) is 1.65. The summed E-state index contributed by atoms with van der Waals surface area (Å²) in [5.41, 5.74) is 14.6. The number of esters is 1. The number of hydrogen-bond donors (Lipinski definition) is 7. The molecule has 0 spiro atoms. The minimum Gasteiger partial charge on any atom is -0.748 e. The first-order valence-corrected chi connectivity index (χ1v) is 51.4. The normalized spacial score (nSPS) is 12.8. The van der Waals surface area contributed by atoms with Crippen LogP contribution < -0.4 is 16.2 Å². The van der Waals surface area contributed by atoms with Crippen molar-refractivity contribution in [3.63, 3.8) is 0 Å². The smallest absolute Gasteiger partial charge is 0.308 e. The Morgan fingerprint density at radius 1 is 0.551 bits per heavy atom. The molecule has 0 aromatic heterocycles. The molecule has 1 aliphatic rings. The van der Waals surface area contributed by atoms with Crippen molar-refractivity contribution in [3.8, 4) is 46.8 Å². The zero-order valence-corrected chi connectivity index (χ0v) is 78.1. The number of rotatable bonds is 20. The van der Waals surface area contributed by atoms with Crippen LogP contribution in [0, 0.1) is 12.3 Å². The number of halogens is 7. The van der Waals surface area contributed by atoms with Gasteiger partial charge in [-0.15, -0.1) is 17.5 Å². The molecule has 0 fully saturated rings. The number of aromatic hydroxyl groups is 5. The van der Waals surface area contributed by atoms with Gasteiger partial charge in [0.1, 0.15) is 41.0 Å². The first-order chi connectivity index (χ1) is 59.6.